The Kier molecular flexibility index (Phi) is 6.36. The van der Waals surface area contributed by atoms with E-state index in [1.54, 1.807) is 0 Å². The summed E-state index contributed by atoms with van der Waals surface area (Å²) in [5.74, 6) is 1.81. The zero-order valence-electron chi connectivity index (χ0n) is 17.5. The summed E-state index contributed by atoms with van der Waals surface area (Å²) in [5, 5.41) is 40.5. The Morgan fingerprint density at radius 1 is 1.00 bits per heavy atom. The van der Waals surface area contributed by atoms with Crippen LogP contribution in [0.3, 0.4) is 0 Å². The lowest BCUT2D eigenvalue weighted by Gasteiger charge is -2.40. The summed E-state index contributed by atoms with van der Waals surface area (Å²) >= 11 is 0. The minimum Gasteiger partial charge on any atom is -0.494 e. The van der Waals surface area contributed by atoms with Gasteiger partial charge in [-0.2, -0.15) is 0 Å². The molecule has 31 heavy (non-hydrogen) atoms. The molecule has 4 N–H and O–H groups in total. The van der Waals surface area contributed by atoms with E-state index < -0.39 is 37.1 Å². The molecule has 0 spiro atoms. The summed E-state index contributed by atoms with van der Waals surface area (Å²) in [7, 11) is 0. The molecular formula is C23H28O8. The second kappa shape index (κ2) is 9.02. The topological polar surface area (TPSA) is 118 Å². The summed E-state index contributed by atoms with van der Waals surface area (Å²) in [5.41, 5.74) is 3.43. The van der Waals surface area contributed by atoms with Gasteiger partial charge in [0.2, 0.25) is 6.79 Å². The Morgan fingerprint density at radius 3 is 2.39 bits per heavy atom. The Hall–Kier alpha value is -2.36. The van der Waals surface area contributed by atoms with Crippen molar-refractivity contribution in [1.82, 2.24) is 0 Å². The highest BCUT2D eigenvalue weighted by Crippen LogP contribution is 2.47. The van der Waals surface area contributed by atoms with Crippen LogP contribution in [0.1, 0.15) is 35.3 Å². The van der Waals surface area contributed by atoms with Crippen molar-refractivity contribution in [3.8, 4) is 17.2 Å². The van der Waals surface area contributed by atoms with Crippen molar-refractivity contribution in [3.05, 3.63) is 52.6 Å². The van der Waals surface area contributed by atoms with E-state index in [0.29, 0.717) is 30.1 Å². The third-order valence-corrected chi connectivity index (χ3v) is 5.85. The van der Waals surface area contributed by atoms with E-state index in [0.717, 1.165) is 22.4 Å². The lowest BCUT2D eigenvalue weighted by atomic mass is 9.88. The normalized spacial score (nSPS) is 27.4. The fourth-order valence-corrected chi connectivity index (χ4v) is 4.12. The largest absolute Gasteiger partial charge is 0.494 e. The van der Waals surface area contributed by atoms with E-state index in [9.17, 15) is 20.4 Å². The van der Waals surface area contributed by atoms with E-state index in [2.05, 4.69) is 0 Å². The number of rotatable bonds is 6. The molecule has 0 amide bonds. The zero-order valence-corrected chi connectivity index (χ0v) is 17.5. The maximum atomic E-state index is 10.6. The molecule has 4 rings (SSSR count). The third-order valence-electron chi connectivity index (χ3n) is 5.85. The van der Waals surface area contributed by atoms with Crippen LogP contribution in [-0.4, -0.2) is 64.8 Å². The van der Waals surface area contributed by atoms with Gasteiger partial charge >= 0.3 is 0 Å². The van der Waals surface area contributed by atoms with Crippen LogP contribution in [0, 0.1) is 6.92 Å². The van der Waals surface area contributed by atoms with Crippen LogP contribution in [0.4, 0.5) is 0 Å². The first-order valence-corrected chi connectivity index (χ1v) is 10.4. The second-order valence-corrected chi connectivity index (χ2v) is 7.82. The molecule has 1 saturated heterocycles. The molecule has 0 aromatic heterocycles. The molecule has 5 atom stereocenters. The number of aliphatic hydroxyl groups excluding tert-OH is 4. The van der Waals surface area contributed by atoms with Gasteiger partial charge in [-0.3, -0.25) is 0 Å². The Bertz CT molecular complexity index is 911. The van der Waals surface area contributed by atoms with Gasteiger partial charge in [0.1, 0.15) is 36.3 Å². The van der Waals surface area contributed by atoms with E-state index in [-0.39, 0.29) is 6.79 Å². The first kappa shape index (κ1) is 21.9. The van der Waals surface area contributed by atoms with Crippen molar-refractivity contribution in [3.63, 3.8) is 0 Å². The monoisotopic (exact) mass is 432 g/mol. The standard InChI is InChI=1S/C23H28O8/c1-3-28-15-6-4-13(5-7-15)8-14-9-16(23-21(12(14)2)29-11-30-23)22-20(27)19(26)18(25)17(10-24)31-22/h4-7,9,17-20,22,24-27H,3,8,10-11H2,1-2H3/t17-,18-,19+,20-,22+/m1/s1. The van der Waals surface area contributed by atoms with E-state index in [4.69, 9.17) is 18.9 Å². The van der Waals surface area contributed by atoms with Crippen molar-refractivity contribution in [2.75, 3.05) is 20.0 Å². The van der Waals surface area contributed by atoms with Gasteiger partial charge in [-0.05, 0) is 55.2 Å². The Morgan fingerprint density at radius 2 is 1.71 bits per heavy atom. The van der Waals surface area contributed by atoms with Crippen LogP contribution in [0.2, 0.25) is 0 Å². The first-order valence-electron chi connectivity index (χ1n) is 10.4. The molecule has 2 aromatic carbocycles. The fourth-order valence-electron chi connectivity index (χ4n) is 4.12. The molecule has 2 aliphatic rings. The molecule has 8 heteroatoms. The SMILES string of the molecule is CCOc1ccc(Cc2cc([C@@H]3O[C@H](CO)[C@@H](O)[C@H](O)[C@H]3O)c3c(c2C)OCO3)cc1. The molecule has 1 fully saturated rings. The van der Waals surface area contributed by atoms with E-state index in [1.165, 1.54) is 0 Å². The molecule has 168 valence electrons. The van der Waals surface area contributed by atoms with Crippen molar-refractivity contribution in [1.29, 1.82) is 0 Å². The van der Waals surface area contributed by atoms with Gasteiger partial charge in [0, 0.05) is 5.56 Å². The van der Waals surface area contributed by atoms with Crippen LogP contribution in [0.5, 0.6) is 17.2 Å². The number of ether oxygens (including phenoxy) is 4. The summed E-state index contributed by atoms with van der Waals surface area (Å²) in [6.07, 6.45) is -5.69. The fraction of sp³-hybridized carbons (Fsp3) is 0.478. The smallest absolute Gasteiger partial charge is 0.231 e. The van der Waals surface area contributed by atoms with Crippen LogP contribution in [-0.2, 0) is 11.2 Å². The van der Waals surface area contributed by atoms with Gasteiger partial charge in [0.15, 0.2) is 11.5 Å². The van der Waals surface area contributed by atoms with Gasteiger partial charge < -0.3 is 39.4 Å². The number of hydrogen-bond donors (Lipinski definition) is 4. The predicted molar refractivity (Wildman–Crippen MR) is 110 cm³/mol. The maximum Gasteiger partial charge on any atom is 0.231 e. The first-order chi connectivity index (χ1) is 14.9. The van der Waals surface area contributed by atoms with Crippen molar-refractivity contribution in [2.24, 2.45) is 0 Å². The molecule has 8 nitrogen and oxygen atoms in total. The number of hydrogen-bond acceptors (Lipinski definition) is 8. The molecular weight excluding hydrogens is 404 g/mol. The van der Waals surface area contributed by atoms with Gasteiger partial charge in [-0.1, -0.05) is 12.1 Å². The summed E-state index contributed by atoms with van der Waals surface area (Å²) in [4.78, 5) is 0. The van der Waals surface area contributed by atoms with Crippen LogP contribution >= 0.6 is 0 Å². The summed E-state index contributed by atoms with van der Waals surface area (Å²) < 4.78 is 22.6. The maximum absolute atomic E-state index is 10.6. The third kappa shape index (κ3) is 4.09. The minimum absolute atomic E-state index is 0.0348. The lowest BCUT2D eigenvalue weighted by Crippen LogP contribution is -2.55. The van der Waals surface area contributed by atoms with Gasteiger partial charge in [-0.15, -0.1) is 0 Å². The van der Waals surface area contributed by atoms with Crippen molar-refractivity contribution in [2.45, 2.75) is 50.8 Å². The van der Waals surface area contributed by atoms with Crippen LogP contribution in [0.15, 0.2) is 30.3 Å². The predicted octanol–water partition coefficient (Wildman–Crippen LogP) is 1.23. The Labute approximate surface area is 180 Å². The molecule has 0 bridgehead atoms. The molecule has 2 aromatic rings. The highest BCUT2D eigenvalue weighted by Gasteiger charge is 2.45. The summed E-state index contributed by atoms with van der Waals surface area (Å²) in [6, 6.07) is 9.68. The molecule has 0 aliphatic carbocycles. The average molecular weight is 432 g/mol. The molecule has 2 aliphatic heterocycles. The molecule has 0 unspecified atom stereocenters. The highest BCUT2D eigenvalue weighted by atomic mass is 16.7. The zero-order chi connectivity index (χ0) is 22.1. The van der Waals surface area contributed by atoms with E-state index >= 15 is 0 Å². The van der Waals surface area contributed by atoms with Gasteiger partial charge in [-0.25, -0.2) is 0 Å². The Balaban J connectivity index is 1.70. The molecule has 0 radical (unpaired) electrons. The number of aliphatic hydroxyl groups is 4. The number of benzene rings is 2. The summed E-state index contributed by atoms with van der Waals surface area (Å²) in [6.45, 7) is 4.01. The number of fused-ring (bicyclic) bond motifs is 1. The van der Waals surface area contributed by atoms with E-state index in [1.807, 2.05) is 44.2 Å². The van der Waals surface area contributed by atoms with Crippen LogP contribution < -0.4 is 14.2 Å². The van der Waals surface area contributed by atoms with Gasteiger partial charge in [0.05, 0.1) is 13.2 Å². The van der Waals surface area contributed by atoms with Crippen molar-refractivity contribution >= 4 is 0 Å². The highest BCUT2D eigenvalue weighted by molar-refractivity contribution is 5.58. The quantitative estimate of drug-likeness (QED) is 0.538. The average Bonchev–Trinajstić information content (AvgIpc) is 3.27. The molecule has 0 saturated carbocycles. The second-order valence-electron chi connectivity index (χ2n) is 7.82. The van der Waals surface area contributed by atoms with Crippen LogP contribution in [0.25, 0.3) is 0 Å². The molecule has 2 heterocycles. The minimum atomic E-state index is -1.47. The van der Waals surface area contributed by atoms with Crippen molar-refractivity contribution < 1.29 is 39.4 Å². The lowest BCUT2D eigenvalue weighted by molar-refractivity contribution is -0.232. The van der Waals surface area contributed by atoms with Gasteiger partial charge in [0.25, 0.3) is 0 Å².